The van der Waals surface area contributed by atoms with Gasteiger partial charge in [0.25, 0.3) is 0 Å². The normalized spacial score (nSPS) is 20.7. The third kappa shape index (κ3) is 5.95. The molecule has 0 spiro atoms. The predicted molar refractivity (Wildman–Crippen MR) is 108 cm³/mol. The van der Waals surface area contributed by atoms with Gasteiger partial charge in [0.15, 0.2) is 5.96 Å². The van der Waals surface area contributed by atoms with Gasteiger partial charge in [0.1, 0.15) is 11.5 Å². The molecule has 5 nitrogen and oxygen atoms in total. The maximum absolute atomic E-state index is 9.91. The van der Waals surface area contributed by atoms with E-state index in [1.54, 1.807) is 26.3 Å². The highest BCUT2D eigenvalue weighted by molar-refractivity contribution is 14.0. The first-order valence-corrected chi connectivity index (χ1v) is 8.81. The Morgan fingerprint density at radius 3 is 2.83 bits per heavy atom. The van der Waals surface area contributed by atoms with Crippen LogP contribution in [0.2, 0.25) is 0 Å². The lowest BCUT2D eigenvalue weighted by molar-refractivity contribution is 0.410. The van der Waals surface area contributed by atoms with Crippen molar-refractivity contribution in [3.63, 3.8) is 0 Å². The third-order valence-corrected chi connectivity index (χ3v) is 5.11. The van der Waals surface area contributed by atoms with E-state index >= 15 is 0 Å². The molecule has 0 saturated heterocycles. The van der Waals surface area contributed by atoms with Gasteiger partial charge in [0.2, 0.25) is 0 Å². The molecule has 2 rings (SSSR count). The van der Waals surface area contributed by atoms with Crippen molar-refractivity contribution in [2.75, 3.05) is 20.4 Å². The van der Waals surface area contributed by atoms with Crippen molar-refractivity contribution in [1.29, 1.82) is 0 Å². The second kappa shape index (κ2) is 10.1. The highest BCUT2D eigenvalue weighted by Crippen LogP contribution is 2.28. The molecule has 0 amide bonds. The maximum Gasteiger partial charge on any atom is 0.191 e. The molecular formula is C16H26IN3O2S. The van der Waals surface area contributed by atoms with Crippen LogP contribution in [0.1, 0.15) is 24.8 Å². The topological polar surface area (TPSA) is 65.9 Å². The first-order valence-electron chi connectivity index (χ1n) is 7.52. The molecule has 130 valence electrons. The van der Waals surface area contributed by atoms with Crippen LogP contribution in [0.4, 0.5) is 0 Å². The Labute approximate surface area is 159 Å². The number of methoxy groups -OCH3 is 1. The lowest BCUT2D eigenvalue weighted by Crippen LogP contribution is -2.42. The number of thioether (sulfide) groups is 1. The predicted octanol–water partition coefficient (Wildman–Crippen LogP) is 2.97. The number of nitrogens with one attached hydrogen (secondary N) is 2. The fraction of sp³-hybridized carbons (Fsp3) is 0.562. The summed E-state index contributed by atoms with van der Waals surface area (Å²) >= 11 is 1.94. The molecule has 1 fully saturated rings. The van der Waals surface area contributed by atoms with Crippen molar-refractivity contribution in [1.82, 2.24) is 10.6 Å². The smallest absolute Gasteiger partial charge is 0.191 e. The van der Waals surface area contributed by atoms with Crippen LogP contribution in [0, 0.1) is 0 Å². The molecule has 0 heterocycles. The number of benzene rings is 1. The van der Waals surface area contributed by atoms with Gasteiger partial charge in [-0.25, -0.2) is 0 Å². The summed E-state index contributed by atoms with van der Waals surface area (Å²) in [5.41, 5.74) is 0.788. The SMILES string of the molecule is CN=C(NCc1cc(OC)ccc1O)NC1CCC(SC)C1.I. The zero-order valence-electron chi connectivity index (χ0n) is 13.8. The largest absolute Gasteiger partial charge is 0.508 e. The molecule has 1 aromatic carbocycles. The lowest BCUT2D eigenvalue weighted by atomic mass is 10.2. The Hall–Kier alpha value is -0.830. The highest BCUT2D eigenvalue weighted by atomic mass is 127. The van der Waals surface area contributed by atoms with Crippen molar-refractivity contribution >= 4 is 41.7 Å². The summed E-state index contributed by atoms with van der Waals surface area (Å²) in [5.74, 6) is 1.76. The number of ether oxygens (including phenoxy) is 1. The fourth-order valence-electron chi connectivity index (χ4n) is 2.68. The third-order valence-electron chi connectivity index (χ3n) is 4.02. The van der Waals surface area contributed by atoms with Crippen LogP contribution in [0.25, 0.3) is 0 Å². The summed E-state index contributed by atoms with van der Waals surface area (Å²) in [6, 6.07) is 5.69. The molecule has 1 aliphatic rings. The van der Waals surface area contributed by atoms with Crippen LogP contribution >= 0.6 is 35.7 Å². The van der Waals surface area contributed by atoms with Crippen molar-refractivity contribution in [3.05, 3.63) is 23.8 Å². The number of hydrogen-bond acceptors (Lipinski definition) is 4. The number of aliphatic imine (C=N–C) groups is 1. The lowest BCUT2D eigenvalue weighted by Gasteiger charge is -2.18. The molecule has 3 N–H and O–H groups in total. The zero-order chi connectivity index (χ0) is 15.9. The summed E-state index contributed by atoms with van der Waals surface area (Å²) in [4.78, 5) is 4.26. The van der Waals surface area contributed by atoms with Gasteiger partial charge < -0.3 is 20.5 Å². The molecule has 0 bridgehead atoms. The Morgan fingerprint density at radius 2 is 2.22 bits per heavy atom. The molecule has 0 aromatic heterocycles. The monoisotopic (exact) mass is 451 g/mol. The molecule has 1 saturated carbocycles. The molecule has 2 unspecified atom stereocenters. The second-order valence-corrected chi connectivity index (χ2v) is 6.57. The Balaban J connectivity index is 0.00000264. The molecular weight excluding hydrogens is 425 g/mol. The van der Waals surface area contributed by atoms with E-state index in [1.165, 1.54) is 19.3 Å². The van der Waals surface area contributed by atoms with Crippen LogP contribution in [-0.4, -0.2) is 42.8 Å². The highest BCUT2D eigenvalue weighted by Gasteiger charge is 2.24. The van der Waals surface area contributed by atoms with Crippen molar-refractivity contribution in [3.8, 4) is 11.5 Å². The number of rotatable bonds is 5. The average molecular weight is 451 g/mol. The van der Waals surface area contributed by atoms with Gasteiger partial charge >= 0.3 is 0 Å². The minimum absolute atomic E-state index is 0. The first-order chi connectivity index (χ1) is 10.7. The number of phenolic OH excluding ortho intramolecular Hbond substituents is 1. The van der Waals surface area contributed by atoms with E-state index in [1.807, 2.05) is 17.8 Å². The van der Waals surface area contributed by atoms with Gasteiger partial charge in [-0.2, -0.15) is 11.8 Å². The van der Waals surface area contributed by atoms with Crippen LogP contribution < -0.4 is 15.4 Å². The van der Waals surface area contributed by atoms with E-state index in [4.69, 9.17) is 4.74 Å². The van der Waals surface area contributed by atoms with Crippen molar-refractivity contribution < 1.29 is 9.84 Å². The van der Waals surface area contributed by atoms with Crippen LogP contribution in [0.15, 0.2) is 23.2 Å². The number of nitrogens with zero attached hydrogens (tertiary/aromatic N) is 1. The van der Waals surface area contributed by atoms with Crippen molar-refractivity contribution in [2.45, 2.75) is 37.1 Å². The van der Waals surface area contributed by atoms with E-state index in [0.717, 1.165) is 22.5 Å². The number of hydrogen-bond donors (Lipinski definition) is 3. The molecule has 0 radical (unpaired) electrons. The van der Waals surface area contributed by atoms with Gasteiger partial charge in [0.05, 0.1) is 7.11 Å². The summed E-state index contributed by atoms with van der Waals surface area (Å²) in [6.07, 6.45) is 5.78. The van der Waals surface area contributed by atoms with Gasteiger partial charge in [0, 0.05) is 30.4 Å². The summed E-state index contributed by atoms with van der Waals surface area (Å²) in [6.45, 7) is 0.501. The molecule has 7 heteroatoms. The Morgan fingerprint density at radius 1 is 1.43 bits per heavy atom. The van der Waals surface area contributed by atoms with E-state index in [2.05, 4.69) is 21.9 Å². The van der Waals surface area contributed by atoms with E-state index in [-0.39, 0.29) is 29.7 Å². The van der Waals surface area contributed by atoms with E-state index < -0.39 is 0 Å². The molecule has 2 atom stereocenters. The quantitative estimate of drug-likeness (QED) is 0.365. The number of guanidine groups is 1. The summed E-state index contributed by atoms with van der Waals surface area (Å²) in [5, 5.41) is 17.4. The van der Waals surface area contributed by atoms with Gasteiger partial charge in [-0.05, 0) is 43.7 Å². The maximum atomic E-state index is 9.91. The second-order valence-electron chi connectivity index (χ2n) is 5.43. The minimum Gasteiger partial charge on any atom is -0.508 e. The number of aromatic hydroxyl groups is 1. The minimum atomic E-state index is 0. The fourth-order valence-corrected chi connectivity index (χ4v) is 3.48. The van der Waals surface area contributed by atoms with Crippen molar-refractivity contribution in [2.24, 2.45) is 4.99 Å². The van der Waals surface area contributed by atoms with Crippen LogP contribution in [-0.2, 0) is 6.54 Å². The molecule has 23 heavy (non-hydrogen) atoms. The van der Waals surface area contributed by atoms with Crippen LogP contribution in [0.3, 0.4) is 0 Å². The van der Waals surface area contributed by atoms with E-state index in [9.17, 15) is 5.11 Å². The average Bonchev–Trinajstić information content (AvgIpc) is 3.00. The molecule has 1 aromatic rings. The van der Waals surface area contributed by atoms with Gasteiger partial charge in [-0.15, -0.1) is 24.0 Å². The van der Waals surface area contributed by atoms with Gasteiger partial charge in [-0.3, -0.25) is 4.99 Å². The number of phenols is 1. The Kier molecular flexibility index (Phi) is 8.90. The molecule has 0 aliphatic heterocycles. The van der Waals surface area contributed by atoms with Gasteiger partial charge in [-0.1, -0.05) is 0 Å². The summed E-state index contributed by atoms with van der Waals surface area (Å²) in [7, 11) is 3.38. The number of halogens is 1. The van der Waals surface area contributed by atoms with Crippen LogP contribution in [0.5, 0.6) is 11.5 Å². The van der Waals surface area contributed by atoms with E-state index in [0.29, 0.717) is 12.6 Å². The zero-order valence-corrected chi connectivity index (χ0v) is 17.0. The molecule has 1 aliphatic carbocycles. The standard InChI is InChI=1S/C16H25N3O2S.HI/c1-17-16(19-12-4-6-14(9-12)22-3)18-10-11-8-13(21-2)5-7-15(11)20;/h5,7-8,12,14,20H,4,6,9-10H2,1-3H3,(H2,17,18,19);1H. The summed E-state index contributed by atoms with van der Waals surface area (Å²) < 4.78 is 5.19. The first kappa shape index (κ1) is 20.2. The Bertz CT molecular complexity index is 528.